The fourth-order valence-electron chi connectivity index (χ4n) is 1.91. The van der Waals surface area contributed by atoms with Gasteiger partial charge in [-0.25, -0.2) is 4.79 Å². The Morgan fingerprint density at radius 3 is 2.78 bits per heavy atom. The van der Waals surface area contributed by atoms with E-state index in [0.717, 1.165) is 12.8 Å². The summed E-state index contributed by atoms with van der Waals surface area (Å²) < 4.78 is 32.2. The third-order valence-electron chi connectivity index (χ3n) is 2.97. The molecule has 0 spiro atoms. The van der Waals surface area contributed by atoms with Crippen molar-refractivity contribution in [3.63, 3.8) is 0 Å². The third kappa shape index (κ3) is 4.20. The van der Waals surface area contributed by atoms with Gasteiger partial charge in [0.05, 0.1) is 0 Å². The Morgan fingerprint density at radius 2 is 2.28 bits per heavy atom. The van der Waals surface area contributed by atoms with Crippen LogP contribution in [-0.4, -0.2) is 56.6 Å². The number of hydrogen-bond acceptors (Lipinski definition) is 4. The number of carboxylic acids is 1. The van der Waals surface area contributed by atoms with Crippen molar-refractivity contribution < 1.29 is 23.1 Å². The van der Waals surface area contributed by atoms with Gasteiger partial charge in [0.25, 0.3) is 10.2 Å². The first-order valence-electron chi connectivity index (χ1n) is 5.87. The first kappa shape index (κ1) is 15.4. The molecule has 1 aliphatic rings. The summed E-state index contributed by atoms with van der Waals surface area (Å²) >= 11 is 0. The molecular weight excluding hydrogens is 260 g/mol. The minimum absolute atomic E-state index is 0.265. The molecule has 0 aromatic heterocycles. The van der Waals surface area contributed by atoms with Crippen molar-refractivity contribution >= 4 is 16.2 Å². The first-order chi connectivity index (χ1) is 8.36. The predicted molar refractivity (Wildman–Crippen MR) is 65.3 cm³/mol. The lowest BCUT2D eigenvalue weighted by molar-refractivity contribution is -0.147. The van der Waals surface area contributed by atoms with E-state index < -0.39 is 22.3 Å². The number of aliphatic carboxylic acids is 1. The van der Waals surface area contributed by atoms with Crippen LogP contribution >= 0.6 is 0 Å². The normalized spacial score (nSPS) is 23.8. The summed E-state index contributed by atoms with van der Waals surface area (Å²) in [6.45, 7) is 2.68. The molecule has 0 aliphatic carbocycles. The van der Waals surface area contributed by atoms with Gasteiger partial charge in [-0.05, 0) is 18.8 Å². The van der Waals surface area contributed by atoms with Crippen molar-refractivity contribution in [1.82, 2.24) is 9.03 Å². The van der Waals surface area contributed by atoms with E-state index in [-0.39, 0.29) is 6.54 Å². The second-order valence-corrected chi connectivity index (χ2v) is 6.28. The van der Waals surface area contributed by atoms with Crippen molar-refractivity contribution in [3.05, 3.63) is 0 Å². The summed E-state index contributed by atoms with van der Waals surface area (Å²) in [4.78, 5) is 10.7. The highest BCUT2D eigenvalue weighted by Crippen LogP contribution is 2.17. The Hall–Kier alpha value is -0.700. The van der Waals surface area contributed by atoms with Crippen LogP contribution in [0.2, 0.25) is 0 Å². The van der Waals surface area contributed by atoms with Gasteiger partial charge in [0.2, 0.25) is 0 Å². The van der Waals surface area contributed by atoms with Crippen LogP contribution in [0.15, 0.2) is 0 Å². The van der Waals surface area contributed by atoms with Crippen molar-refractivity contribution in [2.75, 3.05) is 26.7 Å². The van der Waals surface area contributed by atoms with Gasteiger partial charge in [0, 0.05) is 26.7 Å². The molecule has 1 rings (SSSR count). The van der Waals surface area contributed by atoms with E-state index in [1.807, 2.05) is 6.92 Å². The van der Waals surface area contributed by atoms with Gasteiger partial charge in [-0.15, -0.1) is 0 Å². The molecule has 1 fully saturated rings. The average Bonchev–Trinajstić information content (AvgIpc) is 2.29. The summed E-state index contributed by atoms with van der Waals surface area (Å²) in [6.07, 6.45) is 0.679. The molecule has 1 aliphatic heterocycles. The average molecular weight is 280 g/mol. The van der Waals surface area contributed by atoms with Crippen molar-refractivity contribution in [3.8, 4) is 0 Å². The van der Waals surface area contributed by atoms with Crippen LogP contribution in [-0.2, 0) is 19.7 Å². The molecule has 2 unspecified atom stereocenters. The lowest BCUT2D eigenvalue weighted by Crippen LogP contribution is -2.48. The Bertz CT molecular complexity index is 384. The van der Waals surface area contributed by atoms with Crippen LogP contribution in [0, 0.1) is 5.92 Å². The van der Waals surface area contributed by atoms with Crippen LogP contribution in [0.5, 0.6) is 0 Å². The number of carboxylic acid groups (broad SMARTS) is 1. The highest BCUT2D eigenvalue weighted by molar-refractivity contribution is 7.87. The molecule has 1 saturated heterocycles. The molecule has 0 saturated carbocycles. The second-order valence-electron chi connectivity index (χ2n) is 4.52. The fourth-order valence-corrected chi connectivity index (χ4v) is 3.27. The molecule has 18 heavy (non-hydrogen) atoms. The molecule has 0 aromatic rings. The SMILES string of the molecule is COC(CNS(=O)(=O)N1CCCC(C)C1)C(=O)O. The van der Waals surface area contributed by atoms with Crippen LogP contribution in [0.1, 0.15) is 19.8 Å². The molecule has 2 atom stereocenters. The second kappa shape index (κ2) is 6.46. The van der Waals surface area contributed by atoms with E-state index in [4.69, 9.17) is 5.11 Å². The predicted octanol–water partition coefficient (Wildman–Crippen LogP) is -0.348. The number of hydrogen-bond donors (Lipinski definition) is 2. The monoisotopic (exact) mass is 280 g/mol. The molecule has 7 nitrogen and oxygen atoms in total. The zero-order valence-electron chi connectivity index (χ0n) is 10.6. The fraction of sp³-hybridized carbons (Fsp3) is 0.900. The smallest absolute Gasteiger partial charge is 0.334 e. The van der Waals surface area contributed by atoms with Crippen LogP contribution in [0.3, 0.4) is 0 Å². The standard InChI is InChI=1S/C10H20N2O5S/c1-8-4-3-5-12(7-8)18(15,16)11-6-9(17-2)10(13)14/h8-9,11H,3-7H2,1-2H3,(H,13,14). The molecule has 0 aromatic carbocycles. The van der Waals surface area contributed by atoms with Gasteiger partial charge in [-0.3, -0.25) is 0 Å². The summed E-state index contributed by atoms with van der Waals surface area (Å²) in [6, 6.07) is 0. The van der Waals surface area contributed by atoms with E-state index >= 15 is 0 Å². The minimum atomic E-state index is -3.61. The van der Waals surface area contributed by atoms with E-state index in [1.165, 1.54) is 11.4 Å². The molecule has 8 heteroatoms. The van der Waals surface area contributed by atoms with Crippen LogP contribution < -0.4 is 4.72 Å². The van der Waals surface area contributed by atoms with Gasteiger partial charge in [-0.1, -0.05) is 6.92 Å². The molecule has 0 amide bonds. The van der Waals surface area contributed by atoms with Gasteiger partial charge in [0.1, 0.15) is 0 Å². The van der Waals surface area contributed by atoms with E-state index in [0.29, 0.717) is 19.0 Å². The highest BCUT2D eigenvalue weighted by atomic mass is 32.2. The molecule has 0 radical (unpaired) electrons. The van der Waals surface area contributed by atoms with Gasteiger partial charge >= 0.3 is 5.97 Å². The summed E-state index contributed by atoms with van der Waals surface area (Å²) in [5.41, 5.74) is 0. The Balaban J connectivity index is 2.56. The van der Waals surface area contributed by atoms with Gasteiger partial charge in [-0.2, -0.15) is 17.4 Å². The van der Waals surface area contributed by atoms with Crippen molar-refractivity contribution in [2.24, 2.45) is 5.92 Å². The van der Waals surface area contributed by atoms with Gasteiger partial charge < -0.3 is 9.84 Å². The molecule has 1 heterocycles. The Kier molecular flexibility index (Phi) is 5.51. The maximum absolute atomic E-state index is 11.9. The van der Waals surface area contributed by atoms with Crippen LogP contribution in [0.4, 0.5) is 0 Å². The van der Waals surface area contributed by atoms with Crippen molar-refractivity contribution in [1.29, 1.82) is 0 Å². The molecular formula is C10H20N2O5S. The largest absolute Gasteiger partial charge is 0.479 e. The first-order valence-corrected chi connectivity index (χ1v) is 7.31. The number of carbonyl (C=O) groups is 1. The number of nitrogens with one attached hydrogen (secondary N) is 1. The number of ether oxygens (including phenoxy) is 1. The summed E-state index contributed by atoms with van der Waals surface area (Å²) in [5.74, 6) is -0.861. The maximum atomic E-state index is 11.9. The summed E-state index contributed by atoms with van der Waals surface area (Å²) in [5, 5.41) is 8.75. The molecule has 2 N–H and O–H groups in total. The van der Waals surface area contributed by atoms with E-state index in [9.17, 15) is 13.2 Å². The molecule has 106 valence electrons. The topological polar surface area (TPSA) is 95.9 Å². The van der Waals surface area contributed by atoms with Gasteiger partial charge in [0.15, 0.2) is 6.10 Å². The maximum Gasteiger partial charge on any atom is 0.334 e. The highest BCUT2D eigenvalue weighted by Gasteiger charge is 2.28. The lowest BCUT2D eigenvalue weighted by atomic mass is 10.0. The number of rotatable bonds is 6. The summed E-state index contributed by atoms with van der Waals surface area (Å²) in [7, 11) is -2.38. The van der Waals surface area contributed by atoms with E-state index in [1.54, 1.807) is 0 Å². The quantitative estimate of drug-likeness (QED) is 0.693. The number of methoxy groups -OCH3 is 1. The Morgan fingerprint density at radius 1 is 1.61 bits per heavy atom. The Labute approximate surface area is 107 Å². The minimum Gasteiger partial charge on any atom is -0.479 e. The van der Waals surface area contributed by atoms with Crippen LogP contribution in [0.25, 0.3) is 0 Å². The zero-order valence-corrected chi connectivity index (χ0v) is 11.4. The lowest BCUT2D eigenvalue weighted by Gasteiger charge is -2.30. The van der Waals surface area contributed by atoms with Crippen molar-refractivity contribution in [2.45, 2.75) is 25.9 Å². The zero-order chi connectivity index (χ0) is 13.8. The number of nitrogens with zero attached hydrogens (tertiary/aromatic N) is 1. The third-order valence-corrected chi connectivity index (χ3v) is 4.51. The number of piperidine rings is 1. The van der Waals surface area contributed by atoms with E-state index in [2.05, 4.69) is 9.46 Å². The molecule has 0 bridgehead atoms.